The van der Waals surface area contributed by atoms with Crippen molar-refractivity contribution in [3.05, 3.63) is 17.7 Å². The lowest BCUT2D eigenvalue weighted by atomic mass is 10.0. The monoisotopic (exact) mass is 259 g/mol. The van der Waals surface area contributed by atoms with Gasteiger partial charge in [0.05, 0.1) is 5.69 Å². The second-order valence-electron chi connectivity index (χ2n) is 6.71. The Balaban J connectivity index is 1.27. The number of hydrogen-bond donors (Lipinski definition) is 1. The fraction of sp³-hybridized carbons (Fsp3) is 0.812. The zero-order chi connectivity index (χ0) is 12.7. The predicted molar refractivity (Wildman–Crippen MR) is 75.8 cm³/mol. The fourth-order valence-corrected chi connectivity index (χ4v) is 4.37. The van der Waals surface area contributed by atoms with Gasteiger partial charge in [0.25, 0.3) is 0 Å². The number of nitrogens with zero attached hydrogens (tertiary/aromatic N) is 2. The van der Waals surface area contributed by atoms with E-state index in [1.54, 1.807) is 0 Å². The topological polar surface area (TPSA) is 29.9 Å². The van der Waals surface area contributed by atoms with Gasteiger partial charge in [-0.2, -0.15) is 0 Å². The molecule has 2 unspecified atom stereocenters. The second-order valence-corrected chi connectivity index (χ2v) is 6.71. The van der Waals surface area contributed by atoms with E-state index in [1.165, 1.54) is 69.6 Å². The van der Waals surface area contributed by atoms with E-state index in [4.69, 9.17) is 4.98 Å². The Hall–Kier alpha value is -0.830. The summed E-state index contributed by atoms with van der Waals surface area (Å²) < 4.78 is 2.36. The zero-order valence-corrected chi connectivity index (χ0v) is 11.8. The highest BCUT2D eigenvalue weighted by Crippen LogP contribution is 2.54. The van der Waals surface area contributed by atoms with Crippen molar-refractivity contribution in [2.45, 2.75) is 58.0 Å². The van der Waals surface area contributed by atoms with Crippen LogP contribution in [0, 0.1) is 17.8 Å². The summed E-state index contributed by atoms with van der Waals surface area (Å²) in [6, 6.07) is 0. The summed E-state index contributed by atoms with van der Waals surface area (Å²) in [5.41, 5.74) is 1.25. The van der Waals surface area contributed by atoms with E-state index in [1.807, 2.05) is 0 Å². The molecule has 104 valence electrons. The molecule has 0 radical (unpaired) electrons. The largest absolute Gasteiger partial charge is 0.335 e. The van der Waals surface area contributed by atoms with Crippen LogP contribution in [0.25, 0.3) is 0 Å². The zero-order valence-electron chi connectivity index (χ0n) is 11.8. The van der Waals surface area contributed by atoms with Crippen LogP contribution >= 0.6 is 0 Å². The SMILES string of the molecule is c1c(CNCC2C3CCCCC32)nc2n1CCCC2. The molecule has 4 rings (SSSR count). The van der Waals surface area contributed by atoms with Crippen LogP contribution in [0.3, 0.4) is 0 Å². The first kappa shape index (κ1) is 12.0. The molecule has 0 saturated heterocycles. The molecule has 2 aliphatic carbocycles. The normalized spacial score (nSPS) is 32.7. The molecule has 2 fully saturated rings. The Kier molecular flexibility index (Phi) is 3.10. The van der Waals surface area contributed by atoms with E-state index >= 15 is 0 Å². The first-order valence-corrected chi connectivity index (χ1v) is 8.17. The maximum Gasteiger partial charge on any atom is 0.109 e. The van der Waals surface area contributed by atoms with Gasteiger partial charge in [-0.1, -0.05) is 12.8 Å². The van der Waals surface area contributed by atoms with Gasteiger partial charge in [-0.15, -0.1) is 0 Å². The molecular weight excluding hydrogens is 234 g/mol. The molecule has 19 heavy (non-hydrogen) atoms. The Labute approximate surface area is 115 Å². The van der Waals surface area contributed by atoms with Crippen LogP contribution in [0.5, 0.6) is 0 Å². The molecule has 1 aliphatic heterocycles. The molecular formula is C16H25N3. The van der Waals surface area contributed by atoms with Crippen LogP contribution in [0.1, 0.15) is 50.0 Å². The summed E-state index contributed by atoms with van der Waals surface area (Å²) in [5.74, 6) is 4.43. The molecule has 2 heterocycles. The highest BCUT2D eigenvalue weighted by Gasteiger charge is 2.49. The van der Waals surface area contributed by atoms with E-state index in [0.29, 0.717) is 0 Å². The van der Waals surface area contributed by atoms with Crippen molar-refractivity contribution in [2.75, 3.05) is 6.54 Å². The van der Waals surface area contributed by atoms with Gasteiger partial charge in [-0.25, -0.2) is 4.98 Å². The van der Waals surface area contributed by atoms with Crippen LogP contribution in [0.4, 0.5) is 0 Å². The van der Waals surface area contributed by atoms with E-state index < -0.39 is 0 Å². The summed E-state index contributed by atoms with van der Waals surface area (Å²) in [7, 11) is 0. The highest BCUT2D eigenvalue weighted by atomic mass is 15.1. The number of imidazole rings is 1. The molecule has 3 nitrogen and oxygen atoms in total. The van der Waals surface area contributed by atoms with Gasteiger partial charge in [-0.3, -0.25) is 0 Å². The molecule has 0 bridgehead atoms. The third kappa shape index (κ3) is 2.33. The molecule has 3 heteroatoms. The van der Waals surface area contributed by atoms with Crippen molar-refractivity contribution < 1.29 is 0 Å². The maximum absolute atomic E-state index is 4.76. The van der Waals surface area contributed by atoms with E-state index in [-0.39, 0.29) is 0 Å². The van der Waals surface area contributed by atoms with Crippen LogP contribution in [0.2, 0.25) is 0 Å². The molecule has 0 amide bonds. The second kappa shape index (κ2) is 4.93. The fourth-order valence-electron chi connectivity index (χ4n) is 4.37. The Morgan fingerprint density at radius 3 is 2.79 bits per heavy atom. The predicted octanol–water partition coefficient (Wildman–Crippen LogP) is 2.75. The van der Waals surface area contributed by atoms with Gasteiger partial charge in [0.15, 0.2) is 0 Å². The highest BCUT2D eigenvalue weighted by molar-refractivity contribution is 5.06. The number of aromatic nitrogens is 2. The molecule has 2 atom stereocenters. The van der Waals surface area contributed by atoms with Crippen LogP contribution < -0.4 is 5.32 Å². The number of rotatable bonds is 4. The summed E-state index contributed by atoms with van der Waals surface area (Å²) in [4.78, 5) is 4.76. The maximum atomic E-state index is 4.76. The summed E-state index contributed by atoms with van der Waals surface area (Å²) >= 11 is 0. The van der Waals surface area contributed by atoms with Gasteiger partial charge in [0.1, 0.15) is 5.82 Å². The average Bonchev–Trinajstić information content (AvgIpc) is 2.98. The quantitative estimate of drug-likeness (QED) is 0.901. The molecule has 3 aliphatic rings. The Morgan fingerprint density at radius 2 is 2.00 bits per heavy atom. The van der Waals surface area contributed by atoms with Crippen molar-refractivity contribution in [3.63, 3.8) is 0 Å². The van der Waals surface area contributed by atoms with Crippen molar-refractivity contribution in [2.24, 2.45) is 17.8 Å². The molecule has 0 aromatic carbocycles. The lowest BCUT2D eigenvalue weighted by Crippen LogP contribution is -2.17. The number of aryl methyl sites for hydroxylation is 2. The molecule has 1 aromatic heterocycles. The number of hydrogen-bond acceptors (Lipinski definition) is 2. The summed E-state index contributed by atoms with van der Waals surface area (Å²) in [5, 5.41) is 3.65. The standard InChI is InChI=1S/C16H25N3/c1-2-6-14-13(5-1)15(14)10-17-9-12-11-19-8-4-3-7-16(19)18-12/h11,13-15,17H,1-10H2. The van der Waals surface area contributed by atoms with Gasteiger partial charge in [-0.05, 0) is 50.0 Å². The molecule has 1 N–H and O–H groups in total. The number of fused-ring (bicyclic) bond motifs is 2. The summed E-state index contributed by atoms with van der Waals surface area (Å²) in [6.07, 6.45) is 12.0. The van der Waals surface area contributed by atoms with E-state index in [2.05, 4.69) is 16.1 Å². The lowest BCUT2D eigenvalue weighted by Gasteiger charge is -2.11. The van der Waals surface area contributed by atoms with Crippen LogP contribution in [-0.2, 0) is 19.5 Å². The summed E-state index contributed by atoms with van der Waals surface area (Å²) in [6.45, 7) is 3.36. The molecule has 0 spiro atoms. The van der Waals surface area contributed by atoms with Gasteiger partial charge >= 0.3 is 0 Å². The Bertz CT molecular complexity index is 415. The molecule has 2 saturated carbocycles. The van der Waals surface area contributed by atoms with Gasteiger partial charge in [0.2, 0.25) is 0 Å². The third-order valence-electron chi connectivity index (χ3n) is 5.48. The van der Waals surface area contributed by atoms with E-state index in [0.717, 1.165) is 24.3 Å². The van der Waals surface area contributed by atoms with Gasteiger partial charge in [0, 0.05) is 25.7 Å². The lowest BCUT2D eigenvalue weighted by molar-refractivity contribution is 0.480. The minimum absolute atomic E-state index is 0.968. The minimum atomic E-state index is 0.968. The van der Waals surface area contributed by atoms with Crippen molar-refractivity contribution in [1.29, 1.82) is 0 Å². The minimum Gasteiger partial charge on any atom is -0.335 e. The van der Waals surface area contributed by atoms with Crippen LogP contribution in [-0.4, -0.2) is 16.1 Å². The first-order valence-electron chi connectivity index (χ1n) is 8.17. The Morgan fingerprint density at radius 1 is 1.16 bits per heavy atom. The first-order chi connectivity index (χ1) is 9.42. The van der Waals surface area contributed by atoms with Crippen molar-refractivity contribution in [1.82, 2.24) is 14.9 Å². The van der Waals surface area contributed by atoms with E-state index in [9.17, 15) is 0 Å². The number of nitrogens with one attached hydrogen (secondary N) is 1. The van der Waals surface area contributed by atoms with Crippen molar-refractivity contribution in [3.8, 4) is 0 Å². The van der Waals surface area contributed by atoms with Gasteiger partial charge < -0.3 is 9.88 Å². The van der Waals surface area contributed by atoms with Crippen molar-refractivity contribution >= 4 is 0 Å². The molecule has 1 aromatic rings. The van der Waals surface area contributed by atoms with Crippen LogP contribution in [0.15, 0.2) is 6.20 Å². The third-order valence-corrected chi connectivity index (χ3v) is 5.48. The smallest absolute Gasteiger partial charge is 0.109 e. The average molecular weight is 259 g/mol.